The van der Waals surface area contributed by atoms with Crippen molar-refractivity contribution in [2.45, 2.75) is 45.6 Å². The Morgan fingerprint density at radius 2 is 2.27 bits per heavy atom. The first-order valence-corrected chi connectivity index (χ1v) is 6.22. The second-order valence-corrected chi connectivity index (χ2v) is 4.99. The fourth-order valence-corrected chi connectivity index (χ4v) is 1.84. The number of hydrogen-bond acceptors (Lipinski definition) is 3. The summed E-state index contributed by atoms with van der Waals surface area (Å²) in [6.45, 7) is 8.11. The molecule has 1 aliphatic heterocycles. The third-order valence-electron chi connectivity index (χ3n) is 3.54. The van der Waals surface area contributed by atoms with Gasteiger partial charge in [-0.15, -0.1) is 0 Å². The molecule has 1 fully saturated rings. The van der Waals surface area contributed by atoms with Gasteiger partial charge in [0.15, 0.2) is 0 Å². The highest BCUT2D eigenvalue weighted by Crippen LogP contribution is 2.18. The van der Waals surface area contributed by atoms with Crippen molar-refractivity contribution in [2.75, 3.05) is 26.2 Å². The maximum absolute atomic E-state index is 5.77. The minimum atomic E-state index is 0.245. The maximum atomic E-state index is 5.77. The molecule has 3 nitrogen and oxygen atoms in total. The van der Waals surface area contributed by atoms with Gasteiger partial charge in [0.1, 0.15) is 0 Å². The summed E-state index contributed by atoms with van der Waals surface area (Å²) in [6.07, 6.45) is 5.30. The fourth-order valence-electron chi connectivity index (χ4n) is 1.84. The van der Waals surface area contributed by atoms with Crippen molar-refractivity contribution in [3.05, 3.63) is 0 Å². The zero-order valence-electron chi connectivity index (χ0n) is 10.2. The van der Waals surface area contributed by atoms with Gasteiger partial charge in [0.2, 0.25) is 0 Å². The van der Waals surface area contributed by atoms with Crippen LogP contribution < -0.4 is 11.1 Å². The average Bonchev–Trinajstić information content (AvgIpc) is 2.30. The van der Waals surface area contributed by atoms with E-state index in [1.54, 1.807) is 0 Å². The van der Waals surface area contributed by atoms with Crippen LogP contribution in [0.5, 0.6) is 0 Å². The summed E-state index contributed by atoms with van der Waals surface area (Å²) in [5.74, 6) is 0. The lowest BCUT2D eigenvalue weighted by Crippen LogP contribution is -2.41. The molecule has 0 amide bonds. The van der Waals surface area contributed by atoms with Gasteiger partial charge >= 0.3 is 0 Å². The van der Waals surface area contributed by atoms with Crippen LogP contribution in [-0.2, 0) is 4.74 Å². The van der Waals surface area contributed by atoms with Crippen molar-refractivity contribution < 1.29 is 4.74 Å². The molecule has 0 aromatic rings. The molecular formula is C12H26N2O. The van der Waals surface area contributed by atoms with E-state index in [2.05, 4.69) is 19.2 Å². The van der Waals surface area contributed by atoms with Gasteiger partial charge in [0.05, 0.1) is 6.10 Å². The van der Waals surface area contributed by atoms with E-state index >= 15 is 0 Å². The first-order valence-electron chi connectivity index (χ1n) is 6.22. The maximum Gasteiger partial charge on any atom is 0.0699 e. The summed E-state index contributed by atoms with van der Waals surface area (Å²) in [6, 6.07) is 0. The van der Waals surface area contributed by atoms with Gasteiger partial charge in [0.25, 0.3) is 0 Å². The molecular weight excluding hydrogens is 188 g/mol. The quantitative estimate of drug-likeness (QED) is 0.705. The molecule has 1 heterocycles. The molecule has 90 valence electrons. The van der Waals surface area contributed by atoms with Gasteiger partial charge in [0, 0.05) is 19.7 Å². The molecule has 0 aromatic carbocycles. The standard InChI is InChI=1S/C12H26N2O/c1-3-12(2,9-13)10-14-8-11-6-4-5-7-15-11/h11,14H,3-10,13H2,1-2H3. The fraction of sp³-hybridized carbons (Fsp3) is 1.00. The van der Waals surface area contributed by atoms with Crippen LogP contribution in [0.3, 0.4) is 0 Å². The number of nitrogens with two attached hydrogens (primary N) is 1. The third kappa shape index (κ3) is 4.49. The minimum absolute atomic E-state index is 0.245. The van der Waals surface area contributed by atoms with Crippen molar-refractivity contribution in [3.63, 3.8) is 0 Å². The molecule has 1 rings (SSSR count). The monoisotopic (exact) mass is 214 g/mol. The van der Waals surface area contributed by atoms with E-state index in [0.717, 1.165) is 32.7 Å². The molecule has 1 saturated heterocycles. The summed E-state index contributed by atoms with van der Waals surface area (Å²) in [5.41, 5.74) is 6.01. The van der Waals surface area contributed by atoms with Crippen LogP contribution in [0.25, 0.3) is 0 Å². The van der Waals surface area contributed by atoms with Crippen LogP contribution in [0.1, 0.15) is 39.5 Å². The molecule has 0 spiro atoms. The van der Waals surface area contributed by atoms with Gasteiger partial charge < -0.3 is 15.8 Å². The Morgan fingerprint density at radius 3 is 2.80 bits per heavy atom. The van der Waals surface area contributed by atoms with E-state index in [1.807, 2.05) is 0 Å². The minimum Gasteiger partial charge on any atom is -0.377 e. The number of hydrogen-bond donors (Lipinski definition) is 2. The molecule has 2 unspecified atom stereocenters. The summed E-state index contributed by atoms with van der Waals surface area (Å²) in [4.78, 5) is 0. The summed E-state index contributed by atoms with van der Waals surface area (Å²) in [5, 5.41) is 3.49. The topological polar surface area (TPSA) is 47.3 Å². The Morgan fingerprint density at radius 1 is 1.47 bits per heavy atom. The van der Waals surface area contributed by atoms with Crippen LogP contribution in [0, 0.1) is 5.41 Å². The largest absolute Gasteiger partial charge is 0.377 e. The molecule has 0 aliphatic carbocycles. The molecule has 3 heteroatoms. The molecule has 2 atom stereocenters. The number of ether oxygens (including phenoxy) is 1. The normalized spacial score (nSPS) is 26.2. The highest BCUT2D eigenvalue weighted by Gasteiger charge is 2.20. The van der Waals surface area contributed by atoms with E-state index in [1.165, 1.54) is 19.3 Å². The summed E-state index contributed by atoms with van der Waals surface area (Å²) >= 11 is 0. The SMILES string of the molecule is CCC(C)(CN)CNCC1CCCCO1. The molecule has 0 aromatic heterocycles. The van der Waals surface area contributed by atoms with Crippen molar-refractivity contribution >= 4 is 0 Å². The Kier molecular flexibility index (Phi) is 5.58. The van der Waals surface area contributed by atoms with Crippen LogP contribution >= 0.6 is 0 Å². The van der Waals surface area contributed by atoms with Crippen LogP contribution in [0.4, 0.5) is 0 Å². The van der Waals surface area contributed by atoms with Crippen LogP contribution in [0.2, 0.25) is 0 Å². The van der Waals surface area contributed by atoms with Gasteiger partial charge in [-0.05, 0) is 37.6 Å². The van der Waals surface area contributed by atoms with Crippen LogP contribution in [-0.4, -0.2) is 32.3 Å². The predicted octanol–water partition coefficient (Wildman–Crippen LogP) is 1.52. The van der Waals surface area contributed by atoms with Crippen LogP contribution in [0.15, 0.2) is 0 Å². The number of rotatable bonds is 6. The summed E-state index contributed by atoms with van der Waals surface area (Å²) < 4.78 is 5.67. The molecule has 0 saturated carbocycles. The van der Waals surface area contributed by atoms with Gasteiger partial charge in [-0.3, -0.25) is 0 Å². The lowest BCUT2D eigenvalue weighted by molar-refractivity contribution is 0.0156. The smallest absolute Gasteiger partial charge is 0.0699 e. The highest BCUT2D eigenvalue weighted by molar-refractivity contribution is 4.77. The zero-order chi connectivity index (χ0) is 11.1. The second kappa shape index (κ2) is 6.46. The van der Waals surface area contributed by atoms with E-state index in [4.69, 9.17) is 10.5 Å². The molecule has 3 N–H and O–H groups in total. The van der Waals surface area contributed by atoms with Crippen molar-refractivity contribution in [1.29, 1.82) is 0 Å². The first kappa shape index (κ1) is 12.9. The van der Waals surface area contributed by atoms with Gasteiger partial charge in [-0.25, -0.2) is 0 Å². The first-order chi connectivity index (χ1) is 7.20. The third-order valence-corrected chi connectivity index (χ3v) is 3.54. The van der Waals surface area contributed by atoms with Crippen molar-refractivity contribution in [1.82, 2.24) is 5.32 Å². The molecule has 1 aliphatic rings. The highest BCUT2D eigenvalue weighted by atomic mass is 16.5. The molecule has 0 bridgehead atoms. The lowest BCUT2D eigenvalue weighted by Gasteiger charge is -2.29. The Balaban J connectivity index is 2.14. The van der Waals surface area contributed by atoms with E-state index < -0.39 is 0 Å². The van der Waals surface area contributed by atoms with E-state index in [9.17, 15) is 0 Å². The number of nitrogens with one attached hydrogen (secondary N) is 1. The molecule has 0 radical (unpaired) electrons. The van der Waals surface area contributed by atoms with E-state index in [0.29, 0.717) is 6.10 Å². The Labute approximate surface area is 93.8 Å². The van der Waals surface area contributed by atoms with Crippen molar-refractivity contribution in [2.24, 2.45) is 11.1 Å². The summed E-state index contributed by atoms with van der Waals surface area (Å²) in [7, 11) is 0. The lowest BCUT2D eigenvalue weighted by atomic mass is 9.87. The van der Waals surface area contributed by atoms with Gasteiger partial charge in [-0.1, -0.05) is 13.8 Å². The average molecular weight is 214 g/mol. The Hall–Kier alpha value is -0.120. The second-order valence-electron chi connectivity index (χ2n) is 4.99. The van der Waals surface area contributed by atoms with Crippen molar-refractivity contribution in [3.8, 4) is 0 Å². The van der Waals surface area contributed by atoms with E-state index in [-0.39, 0.29) is 5.41 Å². The van der Waals surface area contributed by atoms with Gasteiger partial charge in [-0.2, -0.15) is 0 Å². The Bertz CT molecular complexity index is 163. The zero-order valence-corrected chi connectivity index (χ0v) is 10.2. The predicted molar refractivity (Wildman–Crippen MR) is 63.9 cm³/mol. The molecule has 15 heavy (non-hydrogen) atoms.